The molecule has 8 heteroatoms. The Labute approximate surface area is 137 Å². The van der Waals surface area contributed by atoms with Gasteiger partial charge >= 0.3 is 0 Å². The van der Waals surface area contributed by atoms with Crippen molar-refractivity contribution in [3.8, 4) is 11.5 Å². The monoisotopic (exact) mass is 325 g/mol. The van der Waals surface area contributed by atoms with Gasteiger partial charge in [-0.25, -0.2) is 0 Å². The molecule has 2 aromatic heterocycles. The second-order valence-corrected chi connectivity index (χ2v) is 6.01. The zero-order valence-corrected chi connectivity index (χ0v) is 12.9. The van der Waals surface area contributed by atoms with Gasteiger partial charge in [0.05, 0.1) is 17.3 Å². The van der Waals surface area contributed by atoms with Crippen molar-refractivity contribution in [1.82, 2.24) is 25.6 Å². The van der Waals surface area contributed by atoms with Crippen LogP contribution in [0.1, 0.15) is 47.4 Å². The molecule has 3 heterocycles. The lowest BCUT2D eigenvalue weighted by atomic mass is 9.90. The van der Waals surface area contributed by atoms with Crippen LogP contribution in [0.25, 0.3) is 0 Å². The second kappa shape index (κ2) is 5.33. The minimum atomic E-state index is 0.0329. The van der Waals surface area contributed by atoms with Crippen LogP contribution in [-0.2, 0) is 12.8 Å². The molecule has 0 spiro atoms. The van der Waals surface area contributed by atoms with Crippen molar-refractivity contribution in [2.24, 2.45) is 0 Å². The largest absolute Gasteiger partial charge is 0.454 e. The number of nitrogens with one attached hydrogen (secondary N) is 1. The van der Waals surface area contributed by atoms with E-state index in [1.165, 1.54) is 0 Å². The van der Waals surface area contributed by atoms with Crippen molar-refractivity contribution < 1.29 is 14.0 Å². The van der Waals surface area contributed by atoms with Gasteiger partial charge in [-0.15, -0.1) is 0 Å². The molecule has 24 heavy (non-hydrogen) atoms. The fraction of sp³-hybridized carbons (Fsp3) is 0.375. The van der Waals surface area contributed by atoms with Gasteiger partial charge in [0.15, 0.2) is 17.3 Å². The standard InChI is InChI=1S/C16H15N5O3/c1-2-10(15-11(3-1)18-21-19-15)16-17-14(20-24-16)7-9-4-5-12-13(6-9)23-8-22-12/h4-6,10H,1-3,7-8H2,(H,18,19,21). The molecule has 0 saturated carbocycles. The summed E-state index contributed by atoms with van der Waals surface area (Å²) < 4.78 is 16.2. The first-order valence-corrected chi connectivity index (χ1v) is 7.97. The molecule has 2 aliphatic rings. The zero-order valence-electron chi connectivity index (χ0n) is 12.9. The Morgan fingerprint density at radius 3 is 3.12 bits per heavy atom. The Morgan fingerprint density at radius 1 is 1.17 bits per heavy atom. The first-order valence-electron chi connectivity index (χ1n) is 7.97. The van der Waals surface area contributed by atoms with Crippen molar-refractivity contribution in [3.05, 3.63) is 46.9 Å². The number of aryl methyl sites for hydroxylation is 1. The molecule has 0 amide bonds. The molecule has 1 atom stereocenters. The SMILES string of the molecule is c1cc2c(cc1Cc1noc(C3CCCc4n[nH]nc43)n1)OCO2. The summed E-state index contributed by atoms with van der Waals surface area (Å²) in [6, 6.07) is 5.84. The highest BCUT2D eigenvalue weighted by Gasteiger charge is 2.30. The molecular weight excluding hydrogens is 310 g/mol. The number of H-pyrrole nitrogens is 1. The van der Waals surface area contributed by atoms with Gasteiger partial charge in [0.1, 0.15) is 0 Å². The van der Waals surface area contributed by atoms with E-state index >= 15 is 0 Å². The summed E-state index contributed by atoms with van der Waals surface area (Å²) in [5.74, 6) is 2.83. The van der Waals surface area contributed by atoms with Crippen molar-refractivity contribution >= 4 is 0 Å². The van der Waals surface area contributed by atoms with E-state index in [1.807, 2.05) is 18.2 Å². The lowest BCUT2D eigenvalue weighted by Gasteiger charge is -2.15. The topological polar surface area (TPSA) is 99.0 Å². The molecule has 1 aromatic carbocycles. The lowest BCUT2D eigenvalue weighted by Crippen LogP contribution is -2.11. The van der Waals surface area contributed by atoms with Crippen LogP contribution in [0.15, 0.2) is 22.7 Å². The number of hydrogen-bond donors (Lipinski definition) is 1. The number of nitrogens with zero attached hydrogens (tertiary/aromatic N) is 4. The molecule has 0 fully saturated rings. The number of hydrogen-bond acceptors (Lipinski definition) is 7. The van der Waals surface area contributed by atoms with Gasteiger partial charge in [-0.1, -0.05) is 11.2 Å². The molecule has 1 aliphatic heterocycles. The predicted molar refractivity (Wildman–Crippen MR) is 80.8 cm³/mol. The van der Waals surface area contributed by atoms with E-state index in [9.17, 15) is 0 Å². The molecule has 1 N–H and O–H groups in total. The summed E-state index contributed by atoms with van der Waals surface area (Å²) >= 11 is 0. The molecule has 122 valence electrons. The number of fused-ring (bicyclic) bond motifs is 2. The minimum absolute atomic E-state index is 0.0329. The summed E-state index contributed by atoms with van der Waals surface area (Å²) in [6.45, 7) is 0.271. The van der Waals surface area contributed by atoms with E-state index in [1.54, 1.807) is 0 Å². The average Bonchev–Trinajstić information content (AvgIpc) is 3.34. The first kappa shape index (κ1) is 13.5. The van der Waals surface area contributed by atoms with Gasteiger partial charge in [-0.05, 0) is 37.0 Å². The molecule has 0 saturated heterocycles. The average molecular weight is 325 g/mol. The molecule has 0 radical (unpaired) electrons. The predicted octanol–water partition coefficient (Wildman–Crippen LogP) is 1.98. The third-order valence-corrected chi connectivity index (χ3v) is 4.47. The fourth-order valence-electron chi connectivity index (χ4n) is 3.29. The van der Waals surface area contributed by atoms with Crippen LogP contribution in [-0.4, -0.2) is 32.3 Å². The number of rotatable bonds is 3. The molecule has 3 aromatic rings. The van der Waals surface area contributed by atoms with Gasteiger partial charge in [0, 0.05) is 6.42 Å². The van der Waals surface area contributed by atoms with Gasteiger partial charge in [0.2, 0.25) is 12.7 Å². The molecule has 5 rings (SSSR count). The van der Waals surface area contributed by atoms with E-state index in [0.717, 1.165) is 47.7 Å². The summed E-state index contributed by atoms with van der Waals surface area (Å²) in [4.78, 5) is 4.57. The van der Waals surface area contributed by atoms with Crippen molar-refractivity contribution in [2.45, 2.75) is 31.6 Å². The molecule has 1 aliphatic carbocycles. The molecular formula is C16H15N5O3. The lowest BCUT2D eigenvalue weighted by molar-refractivity contribution is 0.174. The third kappa shape index (κ3) is 2.22. The number of benzene rings is 1. The van der Waals surface area contributed by atoms with E-state index < -0.39 is 0 Å². The van der Waals surface area contributed by atoms with E-state index in [2.05, 4.69) is 25.6 Å². The van der Waals surface area contributed by atoms with Crippen molar-refractivity contribution in [1.29, 1.82) is 0 Å². The van der Waals surface area contributed by atoms with Crippen LogP contribution in [0.2, 0.25) is 0 Å². The maximum Gasteiger partial charge on any atom is 0.235 e. The van der Waals surface area contributed by atoms with E-state index in [-0.39, 0.29) is 12.7 Å². The second-order valence-electron chi connectivity index (χ2n) is 6.01. The highest BCUT2D eigenvalue weighted by molar-refractivity contribution is 5.45. The molecule has 8 nitrogen and oxygen atoms in total. The maximum absolute atomic E-state index is 5.50. The Bertz CT molecular complexity index is 887. The van der Waals surface area contributed by atoms with E-state index in [0.29, 0.717) is 18.1 Å². The Kier molecular flexibility index (Phi) is 3.00. The Morgan fingerprint density at radius 2 is 2.12 bits per heavy atom. The van der Waals surface area contributed by atoms with Crippen molar-refractivity contribution in [3.63, 3.8) is 0 Å². The van der Waals surface area contributed by atoms with Gasteiger partial charge in [0.25, 0.3) is 0 Å². The normalized spacial score (nSPS) is 18.6. The van der Waals surface area contributed by atoms with Gasteiger partial charge in [-0.3, -0.25) is 0 Å². The van der Waals surface area contributed by atoms with Crippen LogP contribution in [0, 0.1) is 0 Å². The summed E-state index contributed by atoms with van der Waals surface area (Å²) in [5.41, 5.74) is 2.98. The van der Waals surface area contributed by atoms with Crippen LogP contribution in [0.3, 0.4) is 0 Å². The summed E-state index contributed by atoms with van der Waals surface area (Å²) in [6.07, 6.45) is 3.52. The quantitative estimate of drug-likeness (QED) is 0.786. The highest BCUT2D eigenvalue weighted by Crippen LogP contribution is 2.34. The number of aromatic amines is 1. The summed E-state index contributed by atoms with van der Waals surface area (Å²) in [7, 11) is 0. The fourth-order valence-corrected chi connectivity index (χ4v) is 3.29. The highest BCUT2D eigenvalue weighted by atomic mass is 16.7. The van der Waals surface area contributed by atoms with Gasteiger partial charge in [-0.2, -0.15) is 20.4 Å². The Hall–Kier alpha value is -2.90. The smallest absolute Gasteiger partial charge is 0.235 e. The maximum atomic E-state index is 5.50. The third-order valence-electron chi connectivity index (χ3n) is 4.47. The van der Waals surface area contributed by atoms with Gasteiger partial charge < -0.3 is 14.0 Å². The molecule has 1 unspecified atom stereocenters. The number of aromatic nitrogens is 5. The van der Waals surface area contributed by atoms with Crippen molar-refractivity contribution in [2.75, 3.05) is 6.79 Å². The first-order chi connectivity index (χ1) is 11.9. The Balaban J connectivity index is 1.39. The van der Waals surface area contributed by atoms with E-state index in [4.69, 9.17) is 14.0 Å². The van der Waals surface area contributed by atoms with Crippen LogP contribution < -0.4 is 9.47 Å². The zero-order chi connectivity index (χ0) is 15.9. The van der Waals surface area contributed by atoms with Crippen LogP contribution in [0.4, 0.5) is 0 Å². The molecule has 0 bridgehead atoms. The number of ether oxygens (including phenoxy) is 2. The van der Waals surface area contributed by atoms with Crippen LogP contribution in [0.5, 0.6) is 11.5 Å². The summed E-state index contributed by atoms with van der Waals surface area (Å²) in [5, 5.41) is 15.3. The van der Waals surface area contributed by atoms with Crippen LogP contribution >= 0.6 is 0 Å². The minimum Gasteiger partial charge on any atom is -0.454 e.